The SMILES string of the molecule is Nc1cccc(N)c1OC1CC1. The summed E-state index contributed by atoms with van der Waals surface area (Å²) in [7, 11) is 0. The van der Waals surface area contributed by atoms with Crippen molar-refractivity contribution in [3.05, 3.63) is 18.2 Å². The largest absolute Gasteiger partial charge is 0.486 e. The molecule has 0 unspecified atom stereocenters. The molecule has 0 heterocycles. The van der Waals surface area contributed by atoms with Gasteiger partial charge in [0.05, 0.1) is 17.5 Å². The zero-order chi connectivity index (χ0) is 8.55. The lowest BCUT2D eigenvalue weighted by atomic mass is 10.2. The first-order valence-corrected chi connectivity index (χ1v) is 4.08. The van der Waals surface area contributed by atoms with Crippen LogP contribution in [0.2, 0.25) is 0 Å². The first kappa shape index (κ1) is 7.28. The molecule has 3 heteroatoms. The van der Waals surface area contributed by atoms with Gasteiger partial charge in [0.15, 0.2) is 5.75 Å². The Balaban J connectivity index is 2.26. The molecule has 2 rings (SSSR count). The van der Waals surface area contributed by atoms with E-state index in [-0.39, 0.29) is 0 Å². The Labute approximate surface area is 71.3 Å². The van der Waals surface area contributed by atoms with E-state index in [1.54, 1.807) is 12.1 Å². The zero-order valence-corrected chi connectivity index (χ0v) is 6.79. The monoisotopic (exact) mass is 164 g/mol. The molecule has 0 aliphatic heterocycles. The fourth-order valence-electron chi connectivity index (χ4n) is 1.06. The first-order chi connectivity index (χ1) is 5.77. The van der Waals surface area contributed by atoms with Crippen molar-refractivity contribution in [2.24, 2.45) is 0 Å². The predicted molar refractivity (Wildman–Crippen MR) is 48.9 cm³/mol. The van der Waals surface area contributed by atoms with Crippen LogP contribution in [0.5, 0.6) is 5.75 Å². The number of hydrogen-bond acceptors (Lipinski definition) is 3. The average molecular weight is 164 g/mol. The second-order valence-electron chi connectivity index (χ2n) is 3.08. The number of nitrogens with two attached hydrogens (primary N) is 2. The summed E-state index contributed by atoms with van der Waals surface area (Å²) in [6.07, 6.45) is 2.58. The van der Waals surface area contributed by atoms with E-state index in [9.17, 15) is 0 Å². The fraction of sp³-hybridized carbons (Fsp3) is 0.333. The summed E-state index contributed by atoms with van der Waals surface area (Å²) in [5, 5.41) is 0. The summed E-state index contributed by atoms with van der Waals surface area (Å²) in [4.78, 5) is 0. The van der Waals surface area contributed by atoms with Crippen molar-refractivity contribution in [3.8, 4) is 5.75 Å². The molecule has 0 bridgehead atoms. The summed E-state index contributed by atoms with van der Waals surface area (Å²) in [5.74, 6) is 0.653. The van der Waals surface area contributed by atoms with Crippen LogP contribution in [0, 0.1) is 0 Å². The Hall–Kier alpha value is -1.38. The number of nitrogen functional groups attached to an aromatic ring is 2. The molecule has 1 aliphatic carbocycles. The van der Waals surface area contributed by atoms with Crippen LogP contribution in [0.4, 0.5) is 11.4 Å². The predicted octanol–water partition coefficient (Wildman–Crippen LogP) is 1.39. The molecule has 12 heavy (non-hydrogen) atoms. The Morgan fingerprint density at radius 1 is 1.17 bits per heavy atom. The molecule has 1 fully saturated rings. The smallest absolute Gasteiger partial charge is 0.165 e. The molecule has 0 aromatic heterocycles. The van der Waals surface area contributed by atoms with Crippen LogP contribution in [-0.2, 0) is 0 Å². The van der Waals surface area contributed by atoms with Crippen LogP contribution < -0.4 is 16.2 Å². The van der Waals surface area contributed by atoms with E-state index in [2.05, 4.69) is 0 Å². The molecule has 1 aliphatic rings. The molecule has 0 radical (unpaired) electrons. The van der Waals surface area contributed by atoms with Gasteiger partial charge in [-0.3, -0.25) is 0 Å². The van der Waals surface area contributed by atoms with Gasteiger partial charge in [0.1, 0.15) is 0 Å². The highest BCUT2D eigenvalue weighted by Gasteiger charge is 2.25. The second kappa shape index (κ2) is 2.59. The number of anilines is 2. The number of para-hydroxylation sites is 1. The molecule has 1 aromatic rings. The van der Waals surface area contributed by atoms with Gasteiger partial charge < -0.3 is 16.2 Å². The van der Waals surface area contributed by atoms with Crippen LogP contribution in [0.3, 0.4) is 0 Å². The van der Waals surface area contributed by atoms with Crippen LogP contribution in [-0.4, -0.2) is 6.10 Å². The number of ether oxygens (including phenoxy) is 1. The van der Waals surface area contributed by atoms with Gasteiger partial charge >= 0.3 is 0 Å². The van der Waals surface area contributed by atoms with Gasteiger partial charge in [-0.25, -0.2) is 0 Å². The Bertz CT molecular complexity index is 274. The highest BCUT2D eigenvalue weighted by Crippen LogP contribution is 2.34. The molecule has 1 aromatic carbocycles. The van der Waals surface area contributed by atoms with Gasteiger partial charge in [-0.1, -0.05) is 6.07 Å². The van der Waals surface area contributed by atoms with E-state index in [1.807, 2.05) is 6.07 Å². The van der Waals surface area contributed by atoms with Gasteiger partial charge in [-0.15, -0.1) is 0 Å². The van der Waals surface area contributed by atoms with Crippen molar-refractivity contribution in [1.29, 1.82) is 0 Å². The van der Waals surface area contributed by atoms with Crippen molar-refractivity contribution in [2.75, 3.05) is 11.5 Å². The molecular formula is C9H12N2O. The van der Waals surface area contributed by atoms with Crippen molar-refractivity contribution in [1.82, 2.24) is 0 Å². The normalized spacial score (nSPS) is 16.0. The highest BCUT2D eigenvalue weighted by molar-refractivity contribution is 5.67. The maximum atomic E-state index is 5.69. The summed E-state index contributed by atoms with van der Waals surface area (Å²) < 4.78 is 5.54. The van der Waals surface area contributed by atoms with E-state index in [1.165, 1.54) is 0 Å². The second-order valence-corrected chi connectivity index (χ2v) is 3.08. The van der Waals surface area contributed by atoms with Gasteiger partial charge in [-0.2, -0.15) is 0 Å². The summed E-state index contributed by atoms with van der Waals surface area (Å²) in [6, 6.07) is 5.42. The van der Waals surface area contributed by atoms with Crippen molar-refractivity contribution < 1.29 is 4.74 Å². The highest BCUT2D eigenvalue weighted by atomic mass is 16.5. The van der Waals surface area contributed by atoms with Gasteiger partial charge in [0.2, 0.25) is 0 Å². The van der Waals surface area contributed by atoms with E-state index >= 15 is 0 Å². The molecular weight excluding hydrogens is 152 g/mol. The molecule has 0 atom stereocenters. The van der Waals surface area contributed by atoms with Gasteiger partial charge in [0.25, 0.3) is 0 Å². The summed E-state index contributed by atoms with van der Waals surface area (Å²) in [6.45, 7) is 0. The van der Waals surface area contributed by atoms with Crippen LogP contribution in [0.25, 0.3) is 0 Å². The van der Waals surface area contributed by atoms with Crippen LogP contribution in [0.15, 0.2) is 18.2 Å². The lowest BCUT2D eigenvalue weighted by molar-refractivity contribution is 0.306. The van der Waals surface area contributed by atoms with Gasteiger partial charge in [0, 0.05) is 0 Å². The summed E-state index contributed by atoms with van der Waals surface area (Å²) >= 11 is 0. The third-order valence-corrected chi connectivity index (χ3v) is 1.88. The Morgan fingerprint density at radius 3 is 2.25 bits per heavy atom. The van der Waals surface area contributed by atoms with E-state index in [0.717, 1.165) is 12.8 Å². The molecule has 0 saturated heterocycles. The fourth-order valence-corrected chi connectivity index (χ4v) is 1.06. The lowest BCUT2D eigenvalue weighted by Gasteiger charge is -2.09. The number of rotatable bonds is 2. The average Bonchev–Trinajstić information content (AvgIpc) is 2.80. The minimum atomic E-state index is 0.344. The van der Waals surface area contributed by atoms with Crippen LogP contribution in [0.1, 0.15) is 12.8 Å². The van der Waals surface area contributed by atoms with Crippen molar-refractivity contribution in [2.45, 2.75) is 18.9 Å². The lowest BCUT2D eigenvalue weighted by Crippen LogP contribution is -2.02. The molecule has 4 N–H and O–H groups in total. The maximum Gasteiger partial charge on any atom is 0.165 e. The third kappa shape index (κ3) is 1.30. The summed E-state index contributed by atoms with van der Waals surface area (Å²) in [5.41, 5.74) is 12.6. The van der Waals surface area contributed by atoms with Gasteiger partial charge in [-0.05, 0) is 25.0 Å². The Morgan fingerprint density at radius 2 is 1.75 bits per heavy atom. The third-order valence-electron chi connectivity index (χ3n) is 1.88. The topological polar surface area (TPSA) is 61.3 Å². The van der Waals surface area contributed by atoms with Crippen LogP contribution >= 0.6 is 0 Å². The Kier molecular flexibility index (Phi) is 1.57. The van der Waals surface area contributed by atoms with Crippen molar-refractivity contribution >= 4 is 11.4 Å². The molecule has 3 nitrogen and oxygen atoms in total. The number of hydrogen-bond donors (Lipinski definition) is 2. The maximum absolute atomic E-state index is 5.69. The first-order valence-electron chi connectivity index (χ1n) is 4.08. The molecule has 64 valence electrons. The molecule has 0 spiro atoms. The molecule has 0 amide bonds. The minimum absolute atomic E-state index is 0.344. The number of benzene rings is 1. The van der Waals surface area contributed by atoms with Crippen molar-refractivity contribution in [3.63, 3.8) is 0 Å². The van der Waals surface area contributed by atoms with E-state index < -0.39 is 0 Å². The molecule has 1 saturated carbocycles. The standard InChI is InChI=1S/C9H12N2O/c10-7-2-1-3-8(11)9(7)12-6-4-5-6/h1-3,6H,4-5,10-11H2. The minimum Gasteiger partial charge on any atom is -0.486 e. The quantitative estimate of drug-likeness (QED) is 0.649. The van der Waals surface area contributed by atoms with E-state index in [0.29, 0.717) is 23.2 Å². The van der Waals surface area contributed by atoms with E-state index in [4.69, 9.17) is 16.2 Å². The zero-order valence-electron chi connectivity index (χ0n) is 6.79.